The molecule has 0 saturated carbocycles. The van der Waals surface area contributed by atoms with E-state index in [4.69, 9.17) is 4.74 Å². The molecule has 0 radical (unpaired) electrons. The summed E-state index contributed by atoms with van der Waals surface area (Å²) in [6.45, 7) is 2.03. The Labute approximate surface area is 149 Å². The van der Waals surface area contributed by atoms with Crippen LogP contribution in [0.3, 0.4) is 0 Å². The number of carbonyl (C=O) groups is 2. The van der Waals surface area contributed by atoms with Crippen molar-refractivity contribution in [1.29, 1.82) is 0 Å². The number of hydrogen-bond acceptors (Lipinski definition) is 6. The molecule has 0 saturated heterocycles. The van der Waals surface area contributed by atoms with Gasteiger partial charge < -0.3 is 10.1 Å². The van der Waals surface area contributed by atoms with Crippen LogP contribution in [0.2, 0.25) is 0 Å². The third-order valence-electron chi connectivity index (χ3n) is 3.54. The predicted octanol–water partition coefficient (Wildman–Crippen LogP) is 2.16. The minimum Gasteiger partial charge on any atom is -0.462 e. The van der Waals surface area contributed by atoms with Crippen LogP contribution in [0.4, 0.5) is 5.69 Å². The second-order valence-electron chi connectivity index (χ2n) is 5.37. The van der Waals surface area contributed by atoms with Crippen LogP contribution in [0.25, 0.3) is 11.4 Å². The number of esters is 1. The predicted molar refractivity (Wildman–Crippen MR) is 94.3 cm³/mol. The van der Waals surface area contributed by atoms with E-state index in [1.165, 1.54) is 4.68 Å². The summed E-state index contributed by atoms with van der Waals surface area (Å²) in [5, 5.41) is 14.2. The maximum Gasteiger partial charge on any atom is 0.338 e. The number of nitrogens with zero attached hydrogens (tertiary/aromatic N) is 4. The zero-order chi connectivity index (χ0) is 18.4. The Bertz CT molecular complexity index is 891. The molecule has 0 bridgehead atoms. The van der Waals surface area contributed by atoms with Gasteiger partial charge in [0.05, 0.1) is 12.2 Å². The highest BCUT2D eigenvalue weighted by molar-refractivity contribution is 5.93. The number of hydrogen-bond donors (Lipinski definition) is 1. The fourth-order valence-electron chi connectivity index (χ4n) is 2.35. The highest BCUT2D eigenvalue weighted by atomic mass is 16.5. The van der Waals surface area contributed by atoms with Crippen LogP contribution >= 0.6 is 0 Å². The standard InChI is InChI=1S/C18H17N5O3/c1-2-26-18(25)14-8-10-15(11-9-14)19-16(24)12-23-17(20-21-22-23)13-6-4-3-5-7-13/h3-11H,2,12H2,1H3,(H,19,24). The first kappa shape index (κ1) is 17.3. The summed E-state index contributed by atoms with van der Waals surface area (Å²) in [4.78, 5) is 23.9. The maximum absolute atomic E-state index is 12.3. The molecule has 3 rings (SSSR count). The van der Waals surface area contributed by atoms with Gasteiger partial charge in [0.25, 0.3) is 0 Å². The van der Waals surface area contributed by atoms with E-state index < -0.39 is 5.97 Å². The molecule has 1 aromatic heterocycles. The minimum atomic E-state index is -0.397. The van der Waals surface area contributed by atoms with Crippen LogP contribution in [-0.4, -0.2) is 38.7 Å². The number of amides is 1. The van der Waals surface area contributed by atoms with Crippen molar-refractivity contribution >= 4 is 17.6 Å². The molecule has 0 fully saturated rings. The summed E-state index contributed by atoms with van der Waals surface area (Å²) >= 11 is 0. The van der Waals surface area contributed by atoms with Crippen LogP contribution in [0.1, 0.15) is 17.3 Å². The van der Waals surface area contributed by atoms with Gasteiger partial charge in [-0.15, -0.1) is 5.10 Å². The number of carbonyl (C=O) groups excluding carboxylic acids is 2. The molecule has 0 unspecified atom stereocenters. The van der Waals surface area contributed by atoms with Gasteiger partial charge in [-0.25, -0.2) is 9.48 Å². The van der Waals surface area contributed by atoms with Crippen molar-refractivity contribution in [1.82, 2.24) is 20.2 Å². The van der Waals surface area contributed by atoms with E-state index in [1.807, 2.05) is 30.3 Å². The van der Waals surface area contributed by atoms with Gasteiger partial charge >= 0.3 is 5.97 Å². The average Bonchev–Trinajstić information content (AvgIpc) is 3.11. The lowest BCUT2D eigenvalue weighted by Gasteiger charge is -2.07. The molecule has 3 aromatic rings. The number of ether oxygens (including phenoxy) is 1. The van der Waals surface area contributed by atoms with Crippen molar-refractivity contribution in [3.8, 4) is 11.4 Å². The van der Waals surface area contributed by atoms with Crippen molar-refractivity contribution in [2.75, 3.05) is 11.9 Å². The third-order valence-corrected chi connectivity index (χ3v) is 3.54. The molecular formula is C18H17N5O3. The Morgan fingerprint density at radius 1 is 1.08 bits per heavy atom. The first-order valence-electron chi connectivity index (χ1n) is 8.06. The summed E-state index contributed by atoms with van der Waals surface area (Å²) in [5.74, 6) is -0.164. The Kier molecular flexibility index (Phi) is 5.33. The number of anilines is 1. The number of rotatable bonds is 6. The lowest BCUT2D eigenvalue weighted by Crippen LogP contribution is -2.20. The van der Waals surface area contributed by atoms with Crippen molar-refractivity contribution in [2.45, 2.75) is 13.5 Å². The average molecular weight is 351 g/mol. The molecule has 2 aromatic carbocycles. The van der Waals surface area contributed by atoms with E-state index >= 15 is 0 Å². The Hall–Kier alpha value is -3.55. The molecule has 0 spiro atoms. The molecule has 1 heterocycles. The van der Waals surface area contributed by atoms with Gasteiger partial charge in [-0.1, -0.05) is 30.3 Å². The minimum absolute atomic E-state index is 0.0309. The molecule has 0 aliphatic rings. The van der Waals surface area contributed by atoms with Crippen molar-refractivity contribution < 1.29 is 14.3 Å². The highest BCUT2D eigenvalue weighted by Gasteiger charge is 2.13. The van der Waals surface area contributed by atoms with Crippen LogP contribution in [-0.2, 0) is 16.1 Å². The monoisotopic (exact) mass is 351 g/mol. The maximum atomic E-state index is 12.3. The van der Waals surface area contributed by atoms with E-state index in [1.54, 1.807) is 31.2 Å². The van der Waals surface area contributed by atoms with Gasteiger partial charge in [0.2, 0.25) is 5.91 Å². The van der Waals surface area contributed by atoms with Gasteiger partial charge in [0, 0.05) is 11.3 Å². The zero-order valence-electron chi connectivity index (χ0n) is 14.1. The number of aromatic nitrogens is 4. The van der Waals surface area contributed by atoms with E-state index in [9.17, 15) is 9.59 Å². The lowest BCUT2D eigenvalue weighted by molar-refractivity contribution is -0.116. The second kappa shape index (κ2) is 8.02. The summed E-state index contributed by atoms with van der Waals surface area (Å²) in [6.07, 6.45) is 0. The molecule has 0 aliphatic heterocycles. The summed E-state index contributed by atoms with van der Waals surface area (Å²) in [7, 11) is 0. The number of nitrogens with one attached hydrogen (secondary N) is 1. The van der Waals surface area contributed by atoms with Gasteiger partial charge in [-0.2, -0.15) is 0 Å². The van der Waals surface area contributed by atoms with E-state index in [0.29, 0.717) is 23.7 Å². The smallest absolute Gasteiger partial charge is 0.338 e. The molecule has 1 amide bonds. The molecule has 132 valence electrons. The van der Waals surface area contributed by atoms with Gasteiger partial charge in [0.15, 0.2) is 5.82 Å². The van der Waals surface area contributed by atoms with E-state index in [0.717, 1.165) is 5.56 Å². The Balaban J connectivity index is 1.65. The summed E-state index contributed by atoms with van der Waals surface area (Å²) in [6, 6.07) is 15.9. The molecule has 0 aliphatic carbocycles. The highest BCUT2D eigenvalue weighted by Crippen LogP contribution is 2.15. The zero-order valence-corrected chi connectivity index (χ0v) is 14.1. The Morgan fingerprint density at radius 2 is 1.81 bits per heavy atom. The SMILES string of the molecule is CCOC(=O)c1ccc(NC(=O)Cn2nnnc2-c2ccccc2)cc1. The normalized spacial score (nSPS) is 10.3. The summed E-state index contributed by atoms with van der Waals surface area (Å²) < 4.78 is 6.35. The quantitative estimate of drug-likeness (QED) is 0.683. The Morgan fingerprint density at radius 3 is 2.50 bits per heavy atom. The largest absolute Gasteiger partial charge is 0.462 e. The topological polar surface area (TPSA) is 99.0 Å². The molecule has 8 heteroatoms. The number of tetrazole rings is 1. The molecular weight excluding hydrogens is 334 g/mol. The molecule has 8 nitrogen and oxygen atoms in total. The van der Waals surface area contributed by atoms with Crippen molar-refractivity contribution in [3.05, 3.63) is 60.2 Å². The lowest BCUT2D eigenvalue weighted by atomic mass is 10.2. The molecule has 26 heavy (non-hydrogen) atoms. The van der Waals surface area contributed by atoms with Crippen LogP contribution in [0.5, 0.6) is 0 Å². The van der Waals surface area contributed by atoms with Crippen molar-refractivity contribution in [3.63, 3.8) is 0 Å². The second-order valence-corrected chi connectivity index (χ2v) is 5.37. The first-order chi connectivity index (χ1) is 12.7. The van der Waals surface area contributed by atoms with Crippen LogP contribution < -0.4 is 5.32 Å². The van der Waals surface area contributed by atoms with Crippen molar-refractivity contribution in [2.24, 2.45) is 0 Å². The molecule has 0 atom stereocenters. The fourth-order valence-corrected chi connectivity index (χ4v) is 2.35. The summed E-state index contributed by atoms with van der Waals surface area (Å²) in [5.41, 5.74) is 1.82. The van der Waals surface area contributed by atoms with Gasteiger partial charge in [-0.3, -0.25) is 4.79 Å². The van der Waals surface area contributed by atoms with Crippen LogP contribution in [0, 0.1) is 0 Å². The van der Waals surface area contributed by atoms with E-state index in [-0.39, 0.29) is 12.5 Å². The fraction of sp³-hybridized carbons (Fsp3) is 0.167. The van der Waals surface area contributed by atoms with Gasteiger partial charge in [-0.05, 0) is 41.6 Å². The number of benzene rings is 2. The third kappa shape index (κ3) is 4.10. The van der Waals surface area contributed by atoms with Crippen LogP contribution in [0.15, 0.2) is 54.6 Å². The first-order valence-corrected chi connectivity index (χ1v) is 8.06. The van der Waals surface area contributed by atoms with E-state index in [2.05, 4.69) is 20.8 Å². The van der Waals surface area contributed by atoms with Gasteiger partial charge in [0.1, 0.15) is 6.54 Å². The molecule has 1 N–H and O–H groups in total.